The van der Waals surface area contributed by atoms with Gasteiger partial charge >= 0.3 is 0 Å². The van der Waals surface area contributed by atoms with Crippen molar-refractivity contribution in [1.29, 1.82) is 0 Å². The molecule has 0 saturated carbocycles. The summed E-state index contributed by atoms with van der Waals surface area (Å²) in [5.41, 5.74) is -5.27. The molecule has 12 heterocycles. The number of hydrogen-bond acceptors (Lipinski definition) is 24. The van der Waals surface area contributed by atoms with E-state index in [4.69, 9.17) is 165 Å². The Morgan fingerprint density at radius 3 is 0.804 bits per heavy atom. The summed E-state index contributed by atoms with van der Waals surface area (Å²) < 4.78 is 777. The Morgan fingerprint density at radius 2 is 0.558 bits per heavy atom. The predicted molar refractivity (Wildman–Crippen MR) is 547 cm³/mol. The number of fused-ring (bicyclic) bond motifs is 18. The van der Waals surface area contributed by atoms with Gasteiger partial charge in [-0.3, -0.25) is 29.4 Å². The molecule has 0 spiro atoms. The molecule has 6 saturated heterocycles. The monoisotopic (exact) mass is 2000 g/mol. The van der Waals surface area contributed by atoms with E-state index in [-0.39, 0.29) is 123 Å². The average Bonchev–Trinajstić information content (AvgIpc) is 0.644. The molecule has 6 aromatic carbocycles. The summed E-state index contributed by atoms with van der Waals surface area (Å²) in [6.45, 7) is -28.6. The largest absolute Gasteiger partial charge is 0.493 e. The van der Waals surface area contributed by atoms with Crippen molar-refractivity contribution in [2.24, 2.45) is 70.8 Å². The van der Waals surface area contributed by atoms with Crippen LogP contribution in [0.4, 0.5) is 0 Å². The highest BCUT2D eigenvalue weighted by atomic mass is 16.5. The Kier molecular flexibility index (Phi) is 15.0. The average molecular weight is 2000 g/mol. The minimum atomic E-state index is -4.35. The molecule has 0 aliphatic carbocycles. The van der Waals surface area contributed by atoms with Crippen molar-refractivity contribution in [1.82, 2.24) is 29.4 Å². The lowest BCUT2D eigenvalue weighted by Crippen LogP contribution is -2.48. The van der Waals surface area contributed by atoms with Gasteiger partial charge in [-0.25, -0.2) is 0 Å². The van der Waals surface area contributed by atoms with Gasteiger partial charge < -0.3 is 87.5 Å². The normalized spacial score (nSPS) is 52.1. The van der Waals surface area contributed by atoms with Crippen molar-refractivity contribution in [3.63, 3.8) is 0 Å². The number of methoxy groups -OCH3 is 12. The Bertz CT molecular complexity index is 8960. The fraction of sp³-hybridized carbons (Fsp3) is 0.684. The van der Waals surface area contributed by atoms with Crippen molar-refractivity contribution in [3.8, 4) is 69.0 Å². The topological polar surface area (TPSA) is 252 Å². The minimum Gasteiger partial charge on any atom is -0.493 e. The predicted octanol–water partition coefficient (Wildman–Crippen LogP) is 18.2. The van der Waals surface area contributed by atoms with Gasteiger partial charge in [0.1, 0.15) is 0 Å². The fourth-order valence-electron chi connectivity index (χ4n) is 16.1. The number of piperidine rings is 6. The molecule has 0 radical (unpaired) electrons. The maximum Gasteiger partial charge on any atom is 0.161 e. The van der Waals surface area contributed by atoms with E-state index < -0.39 is 474 Å². The summed E-state index contributed by atoms with van der Waals surface area (Å²) in [6.07, 6.45) is -60.8. The van der Waals surface area contributed by atoms with Gasteiger partial charge in [-0.2, -0.15) is 0 Å². The molecule has 12 aliphatic heterocycles. The van der Waals surface area contributed by atoms with E-state index in [1.54, 1.807) is 13.8 Å². The van der Waals surface area contributed by atoms with Gasteiger partial charge in [0.2, 0.25) is 0 Å². The van der Waals surface area contributed by atoms with Crippen molar-refractivity contribution in [3.05, 3.63) is 139 Å². The molecule has 18 rings (SSSR count). The number of aliphatic hydroxyl groups is 6. The molecule has 138 heavy (non-hydrogen) atoms. The van der Waals surface area contributed by atoms with Gasteiger partial charge in [0, 0.05) is 187 Å². The summed E-state index contributed by atoms with van der Waals surface area (Å²) in [5, 5.41) is 67.6. The maximum atomic E-state index is 11.4. The van der Waals surface area contributed by atoms with Gasteiger partial charge in [0.25, 0.3) is 0 Å². The molecule has 0 aromatic heterocycles. The molecule has 0 bridgehead atoms. The third-order valence-electron chi connectivity index (χ3n) is 22.2. The third kappa shape index (κ3) is 25.4. The van der Waals surface area contributed by atoms with Crippen LogP contribution in [0, 0.1) is 70.8 Å². The lowest BCUT2D eigenvalue weighted by molar-refractivity contribution is -0.0192. The van der Waals surface area contributed by atoms with E-state index in [1.807, 2.05) is 13.8 Å². The smallest absolute Gasteiger partial charge is 0.161 e. The Labute approximate surface area is 946 Å². The van der Waals surface area contributed by atoms with E-state index in [2.05, 4.69) is 0 Å². The first-order valence-electron chi connectivity index (χ1n) is 85.9. The van der Waals surface area contributed by atoms with Crippen molar-refractivity contribution >= 4 is 0 Å². The summed E-state index contributed by atoms with van der Waals surface area (Å²) in [4.78, 5) is 2.99. The molecular weight excluding hydrogens is 1740 g/mol. The zero-order valence-corrected chi connectivity index (χ0v) is 79.0. The fourth-order valence-corrected chi connectivity index (χ4v) is 16.1. The van der Waals surface area contributed by atoms with Crippen LogP contribution in [-0.4, -0.2) is 260 Å². The molecule has 6 fully saturated rings. The molecule has 24 heteroatoms. The van der Waals surface area contributed by atoms with Gasteiger partial charge in [0.15, 0.2) is 69.0 Å². The highest BCUT2D eigenvalue weighted by molar-refractivity contribution is 5.55. The van der Waals surface area contributed by atoms with Crippen molar-refractivity contribution in [2.75, 3.05) is 163 Å². The zero-order chi connectivity index (χ0) is 174. The standard InChI is InChI=1S/6C19H29NO3/c6*1-12(2)7-14-11-20-6-5-13-8-18(22-3)19(23-4)9-15(13)16(20)10-17(14)21/h6*8-9,12,14,16-17,21H,5-7,10-11H2,1-4H3/i2*1D3,4D3,7D2,8D,9D,10D2,11D2,12D,14D,16D,17D;2*1D3,7D2,8D,9D,10D2,11D2,12D,14D,16D,17D;4D3,8D,9D,10D2,11D2,14D,16D,17D;5D2,6D2,8D,9D,16D. The number of nitrogens with zero attached hydrogens (tertiary/aromatic N) is 6. The molecular formula is C114H174N6O18. The molecule has 12 aliphatic rings. The van der Waals surface area contributed by atoms with E-state index in [9.17, 15) is 38.9 Å². The number of ether oxygens (including phenoxy) is 12. The molecule has 22 unspecified atom stereocenters. The van der Waals surface area contributed by atoms with Crippen molar-refractivity contribution < 1.29 is 204 Å². The molecule has 6 aromatic rings. The van der Waals surface area contributed by atoms with Crippen LogP contribution in [0.1, 0.15) is 379 Å². The third-order valence-corrected chi connectivity index (χ3v) is 22.2. The van der Waals surface area contributed by atoms with Crippen LogP contribution in [0.3, 0.4) is 0 Å². The van der Waals surface area contributed by atoms with E-state index in [0.717, 1.165) is 40.4 Å². The van der Waals surface area contributed by atoms with E-state index in [0.29, 0.717) is 48.8 Å². The van der Waals surface area contributed by atoms with Crippen LogP contribution >= 0.6 is 0 Å². The summed E-state index contributed by atoms with van der Waals surface area (Å²) >= 11 is 0. The maximum absolute atomic E-state index is 11.4. The Morgan fingerprint density at radius 1 is 0.326 bits per heavy atom. The summed E-state index contributed by atoms with van der Waals surface area (Å²) in [5.74, 6) is -38.8. The first kappa shape index (κ1) is 42.2. The van der Waals surface area contributed by atoms with Gasteiger partial charge in [0.05, 0.1) is 165 Å². The summed E-state index contributed by atoms with van der Waals surface area (Å²) in [6, 6.07) is -26.0. The Balaban J connectivity index is 0.000000213. The quantitative estimate of drug-likeness (QED) is 0.0329. The SMILES string of the molecule is [2H]c1c(OC)c(OC)c([2H])c2c1C1([2H])CC(O)C(CC(C)C)CN1C([2H])([2H])C2([2H])[2H].[2H]c1c2c(c([2H])c(OC([2H])([2H])[2H])c1OC)C1([2H])N(CC2)C([2H])([2H])C([2H])(C([2H])([2H])C([2H])(C)C([2H])([2H])[2H])C([2H])(O)C1([2H])[2H].[2H]c1c2c(c([2H])c(OC([2H])([2H])[2H])c1OC)C1([2H])N(CC2)C([2H])([2H])C([2H])(C([2H])([2H])C([2H])(C)C([2H])([2H])[2H])C([2H])(O)C1([2H])[2H].[2H]c1c2c(c([2H])c(OC([2H])([2H])[2H])c1OC)C1([2H])N(CC2)C([2H])([2H])C([2H])(CC(C)C)C([2H])(O)C1([2H])[2H].[2H]c1c2c(c([2H])c(OC)c1OC)C1([2H])N(CC2)C([2H])([2H])C([2H])(C([2H])([2H])C([2H])(C)C([2H])([2H])[2H])C([2H])(O)C1([2H])[2H].[2H]c1c2c(c([2H])c(OC)c1OC)C1([2H])N(CC2)C([2H])([2H])C([2H])(C([2H])([2H])C([2H])(C)C([2H])([2H])[2H])C([2H])(O)C1([2H])[2H]. The second kappa shape index (κ2) is 49.1. The number of benzene rings is 6. The lowest BCUT2D eigenvalue weighted by Gasteiger charge is -2.46. The van der Waals surface area contributed by atoms with E-state index >= 15 is 0 Å². The highest BCUT2D eigenvalue weighted by Crippen LogP contribution is 2.52. The molecule has 768 valence electrons. The lowest BCUT2D eigenvalue weighted by atomic mass is 9.79. The first-order valence-corrected chi connectivity index (χ1v) is 43.4. The first-order chi connectivity index (χ1) is 98.9. The van der Waals surface area contributed by atoms with Gasteiger partial charge in [-0.05, 0) is 325 Å². The van der Waals surface area contributed by atoms with Crippen LogP contribution in [0.5, 0.6) is 69.0 Å². The highest BCUT2D eigenvalue weighted by Gasteiger charge is 2.47. The molecule has 24 nitrogen and oxygen atoms in total. The van der Waals surface area contributed by atoms with Crippen LogP contribution in [0.2, 0.25) is 0 Å². The number of rotatable bonds is 24. The van der Waals surface area contributed by atoms with Gasteiger partial charge in [-0.15, -0.1) is 0 Å². The van der Waals surface area contributed by atoms with E-state index in [1.165, 1.54) is 28.4 Å². The van der Waals surface area contributed by atoms with Crippen LogP contribution in [0.25, 0.3) is 0 Å². The minimum absolute atomic E-state index is 0.0318. The molecule has 6 N–H and O–H groups in total. The van der Waals surface area contributed by atoms with Crippen LogP contribution in [0.15, 0.2) is 72.5 Å². The Hall–Kier alpha value is -7.56. The van der Waals surface area contributed by atoms with Crippen LogP contribution < -0.4 is 56.8 Å². The number of hydrogen-bond donors (Lipinski definition) is 6. The zero-order valence-electron chi connectivity index (χ0n) is 164. The van der Waals surface area contributed by atoms with Gasteiger partial charge in [-0.1, -0.05) is 82.8 Å². The molecule has 0 amide bonds. The van der Waals surface area contributed by atoms with Crippen molar-refractivity contribution in [2.45, 2.75) is 271 Å². The number of aliphatic hydroxyl groups excluding tert-OH is 1. The summed E-state index contributed by atoms with van der Waals surface area (Å²) in [7, 11) is 0.739. The second-order valence-electron chi connectivity index (χ2n) is 32.8. The second-order valence-corrected chi connectivity index (χ2v) is 32.8. The molecule has 22 atom stereocenters. The van der Waals surface area contributed by atoms with Crippen LogP contribution in [-0.2, 0) is 38.5 Å².